The smallest absolute Gasteiger partial charge is 0.132 e. The zero-order chi connectivity index (χ0) is 13.5. The predicted octanol–water partition coefficient (Wildman–Crippen LogP) is 3.32. The molecule has 0 amide bonds. The summed E-state index contributed by atoms with van der Waals surface area (Å²) in [6, 6.07) is 13.6. The van der Waals surface area contributed by atoms with Crippen molar-refractivity contribution in [3.05, 3.63) is 59.3 Å². The van der Waals surface area contributed by atoms with Crippen LogP contribution in [0.5, 0.6) is 0 Å². The van der Waals surface area contributed by atoms with E-state index in [1.807, 2.05) is 6.20 Å². The molecule has 1 fully saturated rings. The molecular weight excluding hydrogens is 317 g/mol. The number of hydrogen-bond acceptors (Lipinski definition) is 3. The van der Waals surface area contributed by atoms with Crippen LogP contribution in [0.3, 0.4) is 0 Å². The van der Waals surface area contributed by atoms with Gasteiger partial charge in [-0.1, -0.05) is 30.3 Å². The van der Waals surface area contributed by atoms with Gasteiger partial charge in [-0.15, -0.1) is 24.8 Å². The number of fused-ring (bicyclic) bond motifs is 5. The Labute approximate surface area is 144 Å². The molecule has 4 rings (SSSR count). The molecule has 1 saturated heterocycles. The third-order valence-electron chi connectivity index (χ3n) is 4.52. The van der Waals surface area contributed by atoms with Gasteiger partial charge in [0.05, 0.1) is 6.04 Å². The van der Waals surface area contributed by atoms with Crippen LogP contribution in [0, 0.1) is 0 Å². The normalized spacial score (nSPS) is 19.7. The largest absolute Gasteiger partial charge is 0.347 e. The molecule has 0 radical (unpaired) electrons. The number of nitrogens with zero attached hydrogens (tertiary/aromatic N) is 3. The van der Waals surface area contributed by atoms with Crippen LogP contribution in [0.2, 0.25) is 0 Å². The van der Waals surface area contributed by atoms with E-state index in [9.17, 15) is 0 Å². The molecule has 5 heteroatoms. The zero-order valence-electron chi connectivity index (χ0n) is 12.6. The lowest BCUT2D eigenvalue weighted by Crippen LogP contribution is -2.47. The van der Waals surface area contributed by atoms with Crippen molar-refractivity contribution in [2.24, 2.45) is 0 Å². The Morgan fingerprint density at radius 1 is 1.00 bits per heavy atom. The van der Waals surface area contributed by atoms with Crippen molar-refractivity contribution < 1.29 is 0 Å². The van der Waals surface area contributed by atoms with Crippen LogP contribution in [-0.2, 0) is 6.42 Å². The van der Waals surface area contributed by atoms with E-state index in [-0.39, 0.29) is 24.8 Å². The van der Waals surface area contributed by atoms with Crippen LogP contribution >= 0.6 is 24.8 Å². The summed E-state index contributed by atoms with van der Waals surface area (Å²) in [5.41, 5.74) is 4.27. The van der Waals surface area contributed by atoms with E-state index in [0.29, 0.717) is 6.04 Å². The van der Waals surface area contributed by atoms with E-state index in [0.717, 1.165) is 26.1 Å². The Bertz CT molecular complexity index is 647. The summed E-state index contributed by atoms with van der Waals surface area (Å²) in [6.07, 6.45) is 2.92. The maximum Gasteiger partial charge on any atom is 0.132 e. The first-order chi connectivity index (χ1) is 9.83. The number of likely N-dealkylation sites (N-methyl/N-ethyl adjacent to an activating group) is 1. The summed E-state index contributed by atoms with van der Waals surface area (Å²) in [6.45, 7) is 3.24. The first-order valence-corrected chi connectivity index (χ1v) is 7.30. The van der Waals surface area contributed by atoms with Gasteiger partial charge in [0.15, 0.2) is 0 Å². The summed E-state index contributed by atoms with van der Waals surface area (Å²) in [5.74, 6) is 1.18. The number of piperazine rings is 1. The minimum atomic E-state index is 0. The van der Waals surface area contributed by atoms with Crippen molar-refractivity contribution in [3.63, 3.8) is 0 Å². The number of aromatic nitrogens is 1. The number of pyridine rings is 1. The Hall–Kier alpha value is -1.29. The Morgan fingerprint density at radius 2 is 1.77 bits per heavy atom. The van der Waals surface area contributed by atoms with Crippen molar-refractivity contribution in [2.45, 2.75) is 12.5 Å². The number of halogens is 2. The molecule has 2 aromatic rings. The molecule has 1 atom stereocenters. The first-order valence-electron chi connectivity index (χ1n) is 7.30. The molecule has 118 valence electrons. The van der Waals surface area contributed by atoms with Gasteiger partial charge < -0.3 is 9.80 Å². The molecule has 0 N–H and O–H groups in total. The van der Waals surface area contributed by atoms with E-state index in [4.69, 9.17) is 0 Å². The molecule has 1 aromatic carbocycles. The number of benzene rings is 1. The summed E-state index contributed by atoms with van der Waals surface area (Å²) in [7, 11) is 2.21. The van der Waals surface area contributed by atoms with Crippen LogP contribution in [0.1, 0.15) is 22.7 Å². The average Bonchev–Trinajstić information content (AvgIpc) is 2.61. The molecule has 2 aliphatic heterocycles. The Kier molecular flexibility index (Phi) is 5.32. The Morgan fingerprint density at radius 3 is 2.64 bits per heavy atom. The topological polar surface area (TPSA) is 19.4 Å². The average molecular weight is 338 g/mol. The summed E-state index contributed by atoms with van der Waals surface area (Å²) < 4.78 is 0. The lowest BCUT2D eigenvalue weighted by Gasteiger charge is -2.41. The van der Waals surface area contributed by atoms with Crippen molar-refractivity contribution in [2.75, 3.05) is 31.6 Å². The van der Waals surface area contributed by atoms with Gasteiger partial charge in [-0.3, -0.25) is 0 Å². The first kappa shape index (κ1) is 17.1. The van der Waals surface area contributed by atoms with Crippen molar-refractivity contribution in [1.82, 2.24) is 9.88 Å². The van der Waals surface area contributed by atoms with Gasteiger partial charge in [-0.2, -0.15) is 0 Å². The van der Waals surface area contributed by atoms with Crippen LogP contribution in [0.15, 0.2) is 42.6 Å². The number of rotatable bonds is 0. The zero-order valence-corrected chi connectivity index (χ0v) is 14.2. The standard InChI is InChI=1S/C17H19N3.2ClH/c1-19-9-10-20-16(12-19)15-7-3-2-5-13(15)11-14-6-4-8-18-17(14)20;;/h2-8,16H,9-12H2,1H3;2*1H. The van der Waals surface area contributed by atoms with E-state index >= 15 is 0 Å². The summed E-state index contributed by atoms with van der Waals surface area (Å²) in [4.78, 5) is 9.60. The fraction of sp³-hybridized carbons (Fsp3) is 0.353. The van der Waals surface area contributed by atoms with Crippen LogP contribution in [0.4, 0.5) is 5.82 Å². The van der Waals surface area contributed by atoms with Crippen molar-refractivity contribution in [3.8, 4) is 0 Å². The number of hydrogen-bond donors (Lipinski definition) is 0. The lowest BCUT2D eigenvalue weighted by atomic mass is 9.96. The quantitative estimate of drug-likeness (QED) is 0.735. The van der Waals surface area contributed by atoms with Gasteiger partial charge in [-0.25, -0.2) is 4.98 Å². The molecule has 3 heterocycles. The second-order valence-corrected chi connectivity index (χ2v) is 5.83. The second-order valence-electron chi connectivity index (χ2n) is 5.83. The molecule has 1 unspecified atom stereocenters. The van der Waals surface area contributed by atoms with Crippen LogP contribution in [-0.4, -0.2) is 36.6 Å². The van der Waals surface area contributed by atoms with Crippen LogP contribution in [0.25, 0.3) is 0 Å². The third-order valence-corrected chi connectivity index (χ3v) is 4.52. The fourth-order valence-corrected chi connectivity index (χ4v) is 3.49. The van der Waals surface area contributed by atoms with E-state index in [2.05, 4.69) is 58.2 Å². The predicted molar refractivity (Wildman–Crippen MR) is 95.6 cm³/mol. The highest BCUT2D eigenvalue weighted by Crippen LogP contribution is 2.37. The van der Waals surface area contributed by atoms with Gasteiger partial charge in [0.1, 0.15) is 5.82 Å². The summed E-state index contributed by atoms with van der Waals surface area (Å²) in [5, 5.41) is 0. The monoisotopic (exact) mass is 337 g/mol. The van der Waals surface area contributed by atoms with Gasteiger partial charge in [0, 0.05) is 32.3 Å². The van der Waals surface area contributed by atoms with Crippen molar-refractivity contribution in [1.29, 1.82) is 0 Å². The molecule has 2 aliphatic rings. The van der Waals surface area contributed by atoms with Gasteiger partial charge in [0.25, 0.3) is 0 Å². The van der Waals surface area contributed by atoms with E-state index in [1.165, 1.54) is 22.5 Å². The minimum Gasteiger partial charge on any atom is -0.347 e. The molecule has 0 spiro atoms. The molecular formula is C17H21Cl2N3. The van der Waals surface area contributed by atoms with Gasteiger partial charge in [-0.05, 0) is 29.8 Å². The summed E-state index contributed by atoms with van der Waals surface area (Å²) >= 11 is 0. The molecule has 3 nitrogen and oxygen atoms in total. The fourth-order valence-electron chi connectivity index (χ4n) is 3.49. The second kappa shape index (κ2) is 6.86. The highest BCUT2D eigenvalue weighted by atomic mass is 35.5. The van der Waals surface area contributed by atoms with E-state index in [1.54, 1.807) is 0 Å². The van der Waals surface area contributed by atoms with Gasteiger partial charge >= 0.3 is 0 Å². The molecule has 0 aliphatic carbocycles. The minimum absolute atomic E-state index is 0. The van der Waals surface area contributed by atoms with Gasteiger partial charge in [0.2, 0.25) is 0 Å². The van der Waals surface area contributed by atoms with E-state index < -0.39 is 0 Å². The molecule has 22 heavy (non-hydrogen) atoms. The lowest BCUT2D eigenvalue weighted by molar-refractivity contribution is 0.268. The SMILES string of the molecule is CN1CCN2c3ncccc3Cc3ccccc3C2C1.Cl.Cl. The molecule has 1 aromatic heterocycles. The highest BCUT2D eigenvalue weighted by molar-refractivity contribution is 5.85. The Balaban J connectivity index is 0.000000882. The molecule has 0 bridgehead atoms. The highest BCUT2D eigenvalue weighted by Gasteiger charge is 2.32. The maximum atomic E-state index is 4.68. The number of anilines is 1. The van der Waals surface area contributed by atoms with Crippen LogP contribution < -0.4 is 4.90 Å². The third kappa shape index (κ3) is 2.81. The van der Waals surface area contributed by atoms with Crippen molar-refractivity contribution >= 4 is 30.6 Å². The molecule has 0 saturated carbocycles. The maximum absolute atomic E-state index is 4.68.